The van der Waals surface area contributed by atoms with Crippen LogP contribution in [0, 0.1) is 11.7 Å². The molecule has 0 bridgehead atoms. The van der Waals surface area contributed by atoms with E-state index in [2.05, 4.69) is 10.2 Å². The van der Waals surface area contributed by atoms with E-state index in [1.165, 1.54) is 10.5 Å². The van der Waals surface area contributed by atoms with E-state index in [4.69, 9.17) is 0 Å². The van der Waals surface area contributed by atoms with Crippen LogP contribution < -0.4 is 0 Å². The maximum atomic E-state index is 14.3. The highest BCUT2D eigenvalue weighted by Crippen LogP contribution is 2.39. The molecule has 1 aliphatic heterocycles. The minimum Gasteiger partial charge on any atom is -0.299 e. The fourth-order valence-electron chi connectivity index (χ4n) is 4.87. The zero-order chi connectivity index (χ0) is 22.5. The normalized spacial score (nSPS) is 19.5. The Labute approximate surface area is 184 Å². The third kappa shape index (κ3) is 4.00. The first kappa shape index (κ1) is 21.4. The van der Waals surface area contributed by atoms with Gasteiger partial charge in [-0.1, -0.05) is 25.1 Å². The molecule has 170 valence electrons. The van der Waals surface area contributed by atoms with Crippen molar-refractivity contribution < 1.29 is 17.6 Å². The Hall–Kier alpha value is -2.48. The molecular weight excluding hydrogens is 420 g/mol. The van der Waals surface area contributed by atoms with Crippen LogP contribution in [0.15, 0.2) is 36.5 Å². The Morgan fingerprint density at radius 2 is 1.78 bits per heavy atom. The summed E-state index contributed by atoms with van der Waals surface area (Å²) in [5, 5.41) is 7.99. The lowest BCUT2D eigenvalue weighted by Crippen LogP contribution is -2.41. The van der Waals surface area contributed by atoms with Gasteiger partial charge in [-0.15, -0.1) is 10.2 Å². The van der Waals surface area contributed by atoms with Crippen LogP contribution in [-0.2, 0) is 24.6 Å². The van der Waals surface area contributed by atoms with Crippen molar-refractivity contribution in [2.24, 2.45) is 5.92 Å². The molecule has 0 radical (unpaired) electrons. The second-order valence-corrected chi connectivity index (χ2v) is 9.49. The van der Waals surface area contributed by atoms with Gasteiger partial charge in [0, 0.05) is 19.2 Å². The van der Waals surface area contributed by atoms with E-state index in [-0.39, 0.29) is 29.0 Å². The average Bonchev–Trinajstić information content (AvgIpc) is 3.48. The fraction of sp³-hybridized carbons (Fsp3) is 0.500. The largest absolute Gasteiger partial charge is 0.420 e. The number of piperidine rings is 1. The lowest BCUT2D eigenvalue weighted by Gasteiger charge is -2.40. The lowest BCUT2D eigenvalue weighted by atomic mass is 9.74. The molecule has 2 aliphatic rings. The summed E-state index contributed by atoms with van der Waals surface area (Å²) in [4.78, 5) is 2.02. The van der Waals surface area contributed by atoms with Gasteiger partial charge < -0.3 is 0 Å². The predicted molar refractivity (Wildman–Crippen MR) is 113 cm³/mol. The monoisotopic (exact) mass is 446 g/mol. The molecule has 2 fully saturated rings. The zero-order valence-corrected chi connectivity index (χ0v) is 18.0. The molecule has 0 atom stereocenters. The molecule has 1 saturated heterocycles. The Morgan fingerprint density at radius 1 is 1.06 bits per heavy atom. The van der Waals surface area contributed by atoms with Gasteiger partial charge in [0.2, 0.25) is 0 Å². The van der Waals surface area contributed by atoms with Crippen molar-refractivity contribution in [2.75, 3.05) is 13.1 Å². The average molecular weight is 446 g/mol. The highest BCUT2D eigenvalue weighted by Gasteiger charge is 2.39. The summed E-state index contributed by atoms with van der Waals surface area (Å²) in [6.07, 6.45) is 1.39. The Balaban J connectivity index is 1.38. The molecule has 4 nitrogen and oxygen atoms in total. The number of alkyl halides is 3. The summed E-state index contributed by atoms with van der Waals surface area (Å²) in [6, 6.07) is 8.34. The number of rotatable bonds is 5. The molecule has 0 N–H and O–H groups in total. The maximum absolute atomic E-state index is 14.3. The van der Waals surface area contributed by atoms with Crippen molar-refractivity contribution >= 4 is 5.65 Å². The van der Waals surface area contributed by atoms with Gasteiger partial charge in [-0.2, -0.15) is 13.2 Å². The maximum Gasteiger partial charge on any atom is 0.420 e. The van der Waals surface area contributed by atoms with Crippen LogP contribution in [0.3, 0.4) is 0 Å². The second-order valence-electron chi connectivity index (χ2n) is 9.49. The van der Waals surface area contributed by atoms with Gasteiger partial charge in [-0.25, -0.2) is 4.39 Å². The number of halogens is 4. The molecule has 0 spiro atoms. The van der Waals surface area contributed by atoms with E-state index < -0.39 is 11.7 Å². The van der Waals surface area contributed by atoms with Crippen molar-refractivity contribution in [2.45, 2.75) is 57.2 Å². The van der Waals surface area contributed by atoms with Crippen molar-refractivity contribution in [3.8, 4) is 0 Å². The first-order chi connectivity index (χ1) is 15.2. The summed E-state index contributed by atoms with van der Waals surface area (Å²) >= 11 is 0. The van der Waals surface area contributed by atoms with Crippen LogP contribution in [0.4, 0.5) is 17.6 Å². The highest BCUT2D eigenvalue weighted by atomic mass is 19.4. The molecule has 32 heavy (non-hydrogen) atoms. The van der Waals surface area contributed by atoms with E-state index in [1.807, 2.05) is 24.0 Å². The predicted octanol–water partition coefficient (Wildman–Crippen LogP) is 5.39. The van der Waals surface area contributed by atoms with Crippen LogP contribution in [0.25, 0.3) is 5.65 Å². The van der Waals surface area contributed by atoms with E-state index in [9.17, 15) is 17.6 Å². The topological polar surface area (TPSA) is 33.4 Å². The first-order valence-corrected chi connectivity index (χ1v) is 11.1. The minimum absolute atomic E-state index is 0.112. The Kier molecular flexibility index (Phi) is 5.23. The first-order valence-electron chi connectivity index (χ1n) is 11.1. The summed E-state index contributed by atoms with van der Waals surface area (Å²) in [5.41, 5.74) is -0.229. The summed E-state index contributed by atoms with van der Waals surface area (Å²) in [7, 11) is 0. The quantitative estimate of drug-likeness (QED) is 0.493. The number of likely N-dealkylation sites (tertiary alicyclic amines) is 1. The van der Waals surface area contributed by atoms with Crippen molar-refractivity contribution in [1.82, 2.24) is 19.5 Å². The summed E-state index contributed by atoms with van der Waals surface area (Å²) in [6.45, 7) is 3.43. The van der Waals surface area contributed by atoms with E-state index in [0.717, 1.165) is 12.8 Å². The van der Waals surface area contributed by atoms with Gasteiger partial charge in [-0.05, 0) is 73.4 Å². The minimum atomic E-state index is -4.51. The number of hydrogen-bond donors (Lipinski definition) is 0. The highest BCUT2D eigenvalue weighted by molar-refractivity contribution is 5.53. The number of pyridine rings is 1. The molecule has 0 unspecified atom stereocenters. The smallest absolute Gasteiger partial charge is 0.299 e. The zero-order valence-electron chi connectivity index (χ0n) is 18.0. The standard InChI is InChI=1S/C24H26F4N4/c1-23(18-4-2-3-5-19(18)25)9-12-31(13-10-23)15-17-8-11-32-20(14-16-6-7-16)29-30-22(32)21(17)24(26,27)28/h2-5,8,11,16H,6-7,9-10,12-15H2,1H3. The van der Waals surface area contributed by atoms with Crippen LogP contribution in [0.5, 0.6) is 0 Å². The molecule has 3 aromatic rings. The van der Waals surface area contributed by atoms with Gasteiger partial charge >= 0.3 is 6.18 Å². The Morgan fingerprint density at radius 3 is 2.44 bits per heavy atom. The van der Waals surface area contributed by atoms with Crippen LogP contribution in [0.1, 0.15) is 55.1 Å². The molecule has 1 saturated carbocycles. The van der Waals surface area contributed by atoms with Crippen LogP contribution in [0.2, 0.25) is 0 Å². The van der Waals surface area contributed by atoms with E-state index >= 15 is 0 Å². The number of aromatic nitrogens is 3. The molecule has 2 aromatic heterocycles. The lowest BCUT2D eigenvalue weighted by molar-refractivity contribution is -0.137. The van der Waals surface area contributed by atoms with E-state index in [1.54, 1.807) is 18.3 Å². The van der Waals surface area contributed by atoms with Crippen molar-refractivity contribution in [3.63, 3.8) is 0 Å². The molecule has 8 heteroatoms. The number of benzene rings is 1. The molecule has 1 aliphatic carbocycles. The van der Waals surface area contributed by atoms with Gasteiger partial charge in [0.25, 0.3) is 0 Å². The fourth-order valence-corrected chi connectivity index (χ4v) is 4.87. The Bertz CT molecular complexity index is 1120. The molecule has 3 heterocycles. The van der Waals surface area contributed by atoms with Crippen LogP contribution >= 0.6 is 0 Å². The van der Waals surface area contributed by atoms with Gasteiger partial charge in [0.15, 0.2) is 5.65 Å². The summed E-state index contributed by atoms with van der Waals surface area (Å²) in [5.74, 6) is 0.883. The molecule has 1 aromatic carbocycles. The van der Waals surface area contributed by atoms with E-state index in [0.29, 0.717) is 49.7 Å². The van der Waals surface area contributed by atoms with Gasteiger partial charge in [0.05, 0.1) is 0 Å². The molecular formula is C24H26F4N4. The van der Waals surface area contributed by atoms with Gasteiger partial charge in [-0.3, -0.25) is 9.30 Å². The third-order valence-electron chi connectivity index (χ3n) is 7.07. The number of fused-ring (bicyclic) bond motifs is 1. The SMILES string of the molecule is CC1(c2ccccc2F)CCN(Cc2ccn3c(CC4CC4)nnc3c2C(F)(F)F)CC1. The summed E-state index contributed by atoms with van der Waals surface area (Å²) < 4.78 is 58.0. The molecule has 0 amide bonds. The van der Waals surface area contributed by atoms with Crippen LogP contribution in [-0.4, -0.2) is 32.6 Å². The van der Waals surface area contributed by atoms with Crippen molar-refractivity contribution in [1.29, 1.82) is 0 Å². The third-order valence-corrected chi connectivity index (χ3v) is 7.07. The second kappa shape index (κ2) is 7.83. The number of nitrogens with zero attached hydrogens (tertiary/aromatic N) is 4. The molecule has 5 rings (SSSR count). The number of hydrogen-bond acceptors (Lipinski definition) is 3. The van der Waals surface area contributed by atoms with Gasteiger partial charge in [0.1, 0.15) is 17.2 Å². The van der Waals surface area contributed by atoms with Crippen molar-refractivity contribution in [3.05, 3.63) is 64.9 Å².